The van der Waals surface area contributed by atoms with Gasteiger partial charge < -0.3 is 30.5 Å². The minimum absolute atomic E-state index is 0.180. The number of nitrogens with one attached hydrogen (secondary N) is 2. The van der Waals surface area contributed by atoms with Crippen molar-refractivity contribution in [3.63, 3.8) is 0 Å². The van der Waals surface area contributed by atoms with E-state index in [1.165, 1.54) is 11.3 Å². The maximum Gasteiger partial charge on any atom is 0.414 e. The van der Waals surface area contributed by atoms with E-state index in [4.69, 9.17) is 24.5 Å². The van der Waals surface area contributed by atoms with E-state index >= 15 is 0 Å². The Morgan fingerprint density at radius 3 is 2.18 bits per heavy atom. The number of anilines is 1. The molecule has 2 rings (SSSR count). The van der Waals surface area contributed by atoms with Crippen LogP contribution < -0.4 is 10.6 Å². The number of likely N-dealkylation sites (N-methyl/N-ethyl adjacent to an activating group) is 1. The summed E-state index contributed by atoms with van der Waals surface area (Å²) in [5.41, 5.74) is 2.17. The number of rotatable bonds is 9. The molecule has 2 aromatic rings. The van der Waals surface area contributed by atoms with E-state index < -0.39 is 17.9 Å². The molecule has 0 radical (unpaired) electrons. The molecule has 1 aromatic carbocycles. The zero-order valence-electron chi connectivity index (χ0n) is 19.0. The number of carboxylic acid groups (broad SMARTS) is 2. The van der Waals surface area contributed by atoms with Crippen LogP contribution >= 0.6 is 11.3 Å². The van der Waals surface area contributed by atoms with Crippen LogP contribution in [0.5, 0.6) is 0 Å². The SMILES string of the molecule is CCOC(=O)c1c(NC(=O)CNCCN(C)C)sc(C)c1-c1ccccc1.O=C(O)C(=O)O. The fourth-order valence-electron chi connectivity index (χ4n) is 2.66. The minimum Gasteiger partial charge on any atom is -0.473 e. The van der Waals surface area contributed by atoms with E-state index in [1.54, 1.807) is 6.92 Å². The highest BCUT2D eigenvalue weighted by atomic mass is 32.1. The number of benzene rings is 1. The van der Waals surface area contributed by atoms with Crippen LogP contribution in [0.3, 0.4) is 0 Å². The van der Waals surface area contributed by atoms with E-state index in [9.17, 15) is 9.59 Å². The second kappa shape index (κ2) is 14.0. The molecule has 11 heteroatoms. The predicted molar refractivity (Wildman–Crippen MR) is 126 cm³/mol. The van der Waals surface area contributed by atoms with Crippen LogP contribution in [0.25, 0.3) is 11.1 Å². The highest BCUT2D eigenvalue weighted by Crippen LogP contribution is 2.40. The normalized spacial score (nSPS) is 10.2. The highest BCUT2D eigenvalue weighted by Gasteiger charge is 2.25. The van der Waals surface area contributed by atoms with Gasteiger partial charge in [-0.25, -0.2) is 14.4 Å². The molecule has 0 fully saturated rings. The first kappa shape index (κ1) is 27.8. The number of nitrogens with zero attached hydrogens (tertiary/aromatic N) is 1. The van der Waals surface area contributed by atoms with Crippen molar-refractivity contribution in [2.45, 2.75) is 13.8 Å². The number of ether oxygens (including phenoxy) is 1. The molecule has 0 aliphatic carbocycles. The fraction of sp³-hybridized carbons (Fsp3) is 0.364. The second-order valence-corrected chi connectivity index (χ2v) is 8.19. The Bertz CT molecular complexity index is 946. The van der Waals surface area contributed by atoms with Gasteiger partial charge in [-0.15, -0.1) is 11.3 Å². The number of hydrogen-bond donors (Lipinski definition) is 4. The number of esters is 1. The number of amides is 1. The Hall–Kier alpha value is -3.28. The summed E-state index contributed by atoms with van der Waals surface area (Å²) >= 11 is 1.39. The average molecular weight is 480 g/mol. The first-order chi connectivity index (χ1) is 15.6. The summed E-state index contributed by atoms with van der Waals surface area (Å²) in [7, 11) is 3.96. The largest absolute Gasteiger partial charge is 0.473 e. The Balaban J connectivity index is 0.000000801. The van der Waals surface area contributed by atoms with Gasteiger partial charge in [0.1, 0.15) is 10.6 Å². The van der Waals surface area contributed by atoms with Crippen molar-refractivity contribution in [3.8, 4) is 11.1 Å². The van der Waals surface area contributed by atoms with Gasteiger partial charge in [0, 0.05) is 23.5 Å². The third kappa shape index (κ3) is 9.39. The molecular formula is C22H29N3O7S. The molecule has 0 aliphatic rings. The van der Waals surface area contributed by atoms with Crippen LogP contribution in [0.1, 0.15) is 22.2 Å². The fourth-order valence-corrected chi connectivity index (χ4v) is 3.74. The van der Waals surface area contributed by atoms with Gasteiger partial charge in [0.2, 0.25) is 5.91 Å². The molecule has 0 aliphatic heterocycles. The number of hydrogen-bond acceptors (Lipinski definition) is 8. The zero-order chi connectivity index (χ0) is 25.0. The van der Waals surface area contributed by atoms with Crippen molar-refractivity contribution in [1.29, 1.82) is 0 Å². The van der Waals surface area contributed by atoms with Gasteiger partial charge in [-0.05, 0) is 33.5 Å². The zero-order valence-corrected chi connectivity index (χ0v) is 19.8. The molecule has 0 atom stereocenters. The standard InChI is InChI=1S/C20H27N3O3S.C2H2O4/c1-5-26-20(25)18-17(15-9-7-6-8-10-15)14(2)27-19(18)22-16(24)13-21-11-12-23(3)4;3-1(4)2(5)6/h6-10,21H,5,11-13H2,1-4H3,(H,22,24);(H,3,4)(H,5,6). The molecular weight excluding hydrogens is 450 g/mol. The Labute approximate surface area is 196 Å². The maximum absolute atomic E-state index is 12.6. The molecule has 180 valence electrons. The van der Waals surface area contributed by atoms with Gasteiger partial charge in [-0.2, -0.15) is 0 Å². The molecule has 0 spiro atoms. The van der Waals surface area contributed by atoms with Gasteiger partial charge in [0.05, 0.1) is 13.2 Å². The van der Waals surface area contributed by atoms with E-state index in [1.807, 2.05) is 56.3 Å². The monoisotopic (exact) mass is 479 g/mol. The van der Waals surface area contributed by atoms with Gasteiger partial charge in [0.15, 0.2) is 0 Å². The van der Waals surface area contributed by atoms with Gasteiger partial charge in [-0.3, -0.25) is 4.79 Å². The van der Waals surface area contributed by atoms with Gasteiger partial charge in [-0.1, -0.05) is 30.3 Å². The van der Waals surface area contributed by atoms with Crippen molar-refractivity contribution in [1.82, 2.24) is 10.2 Å². The molecule has 0 unspecified atom stereocenters. The van der Waals surface area contributed by atoms with Crippen molar-refractivity contribution < 1.29 is 34.1 Å². The lowest BCUT2D eigenvalue weighted by Gasteiger charge is -2.11. The van der Waals surface area contributed by atoms with Gasteiger partial charge >= 0.3 is 17.9 Å². The van der Waals surface area contributed by atoms with Crippen molar-refractivity contribution in [3.05, 3.63) is 40.8 Å². The molecule has 10 nitrogen and oxygen atoms in total. The smallest absolute Gasteiger partial charge is 0.414 e. The molecule has 4 N–H and O–H groups in total. The molecule has 33 heavy (non-hydrogen) atoms. The summed E-state index contributed by atoms with van der Waals surface area (Å²) in [6.07, 6.45) is 0. The first-order valence-electron chi connectivity index (χ1n) is 10.1. The van der Waals surface area contributed by atoms with Crippen LogP contribution in [0.2, 0.25) is 0 Å². The first-order valence-corrected chi connectivity index (χ1v) is 10.9. The third-order valence-corrected chi connectivity index (χ3v) is 5.10. The van der Waals surface area contributed by atoms with Crippen LogP contribution in [-0.2, 0) is 19.1 Å². The number of carbonyl (C=O) groups excluding carboxylic acids is 2. The number of aliphatic carboxylic acids is 2. The number of thiophene rings is 1. The number of carbonyl (C=O) groups is 4. The van der Waals surface area contributed by atoms with E-state index in [-0.39, 0.29) is 19.1 Å². The van der Waals surface area contributed by atoms with E-state index in [2.05, 4.69) is 10.6 Å². The van der Waals surface area contributed by atoms with Crippen LogP contribution in [0, 0.1) is 6.92 Å². The van der Waals surface area contributed by atoms with E-state index in [0.29, 0.717) is 17.1 Å². The summed E-state index contributed by atoms with van der Waals surface area (Å²) in [6, 6.07) is 9.68. The van der Waals surface area contributed by atoms with Crippen molar-refractivity contribution in [2.24, 2.45) is 0 Å². The molecule has 0 saturated carbocycles. The molecule has 1 heterocycles. The van der Waals surface area contributed by atoms with E-state index in [0.717, 1.165) is 22.5 Å². The summed E-state index contributed by atoms with van der Waals surface area (Å²) in [4.78, 5) is 46.1. The number of carboxylic acids is 2. The quantitative estimate of drug-likeness (QED) is 0.241. The second-order valence-electron chi connectivity index (χ2n) is 6.96. The molecule has 1 aromatic heterocycles. The lowest BCUT2D eigenvalue weighted by Crippen LogP contribution is -2.33. The lowest BCUT2D eigenvalue weighted by molar-refractivity contribution is -0.159. The predicted octanol–water partition coefficient (Wildman–Crippen LogP) is 2.15. The Morgan fingerprint density at radius 2 is 1.67 bits per heavy atom. The summed E-state index contributed by atoms with van der Waals surface area (Å²) < 4.78 is 5.25. The topological polar surface area (TPSA) is 145 Å². The highest BCUT2D eigenvalue weighted by molar-refractivity contribution is 7.17. The van der Waals surface area contributed by atoms with Crippen molar-refractivity contribution >= 4 is 40.2 Å². The van der Waals surface area contributed by atoms with Crippen LogP contribution in [0.15, 0.2) is 30.3 Å². The van der Waals surface area contributed by atoms with Gasteiger partial charge in [0.25, 0.3) is 0 Å². The summed E-state index contributed by atoms with van der Waals surface area (Å²) in [5, 5.41) is 21.3. The molecule has 0 saturated heterocycles. The Morgan fingerprint density at radius 1 is 1.06 bits per heavy atom. The average Bonchev–Trinajstić information content (AvgIpc) is 3.07. The Kier molecular flexibility index (Phi) is 11.8. The number of aryl methyl sites for hydroxylation is 1. The van der Waals surface area contributed by atoms with Crippen LogP contribution in [0.4, 0.5) is 5.00 Å². The molecule has 1 amide bonds. The third-order valence-electron chi connectivity index (χ3n) is 4.08. The minimum atomic E-state index is -1.82. The van der Waals surface area contributed by atoms with Crippen molar-refractivity contribution in [2.75, 3.05) is 45.7 Å². The summed E-state index contributed by atoms with van der Waals surface area (Å²) in [6.45, 7) is 5.74. The maximum atomic E-state index is 12.6. The lowest BCUT2D eigenvalue weighted by atomic mass is 10.0. The summed E-state index contributed by atoms with van der Waals surface area (Å²) in [5.74, 6) is -4.25. The molecule has 0 bridgehead atoms. The van der Waals surface area contributed by atoms with Crippen LogP contribution in [-0.4, -0.2) is 79.3 Å².